The van der Waals surface area contributed by atoms with Gasteiger partial charge in [0.05, 0.1) is 12.2 Å². The van der Waals surface area contributed by atoms with Crippen molar-refractivity contribution in [2.45, 2.75) is 19.5 Å². The summed E-state index contributed by atoms with van der Waals surface area (Å²) >= 11 is 1.28. The predicted octanol–water partition coefficient (Wildman–Crippen LogP) is 3.82. The average Bonchev–Trinajstić information content (AvgIpc) is 2.26. The lowest BCUT2D eigenvalue weighted by Crippen LogP contribution is -2.17. The van der Waals surface area contributed by atoms with Crippen molar-refractivity contribution in [1.29, 1.82) is 0 Å². The highest BCUT2D eigenvalue weighted by atomic mass is 127. The van der Waals surface area contributed by atoms with Crippen molar-refractivity contribution in [3.05, 3.63) is 26.6 Å². The Morgan fingerprint density at radius 1 is 1.47 bits per heavy atom. The number of carbonyl (C=O) groups is 1. The van der Waals surface area contributed by atoms with E-state index in [4.69, 9.17) is 0 Å². The van der Waals surface area contributed by atoms with E-state index in [0.29, 0.717) is 6.07 Å². The van der Waals surface area contributed by atoms with Crippen LogP contribution in [0.15, 0.2) is 6.07 Å². The van der Waals surface area contributed by atoms with Gasteiger partial charge in [0.1, 0.15) is 5.69 Å². The first-order valence-electron chi connectivity index (χ1n) is 4.91. The number of pyridine rings is 1. The molecule has 0 radical (unpaired) electrons. The quantitative estimate of drug-likeness (QED) is 0.444. The minimum atomic E-state index is -4.87. The lowest BCUT2D eigenvalue weighted by atomic mass is 10.1. The second-order valence-electron chi connectivity index (χ2n) is 3.27. The molecule has 0 amide bonds. The molecular weight excluding hydrogens is 388 g/mol. The van der Waals surface area contributed by atoms with Gasteiger partial charge >= 0.3 is 12.1 Å². The number of halogens is 6. The van der Waals surface area contributed by atoms with Gasteiger partial charge < -0.3 is 4.74 Å². The van der Waals surface area contributed by atoms with E-state index < -0.39 is 39.1 Å². The molecule has 19 heavy (non-hydrogen) atoms. The molecule has 0 aliphatic rings. The van der Waals surface area contributed by atoms with Crippen LogP contribution in [0.1, 0.15) is 35.1 Å². The SMILES string of the molecule is CCOC(=O)c1cc(I)c(C(F)(F)F)nc1C(F)F. The van der Waals surface area contributed by atoms with E-state index in [1.165, 1.54) is 29.5 Å². The van der Waals surface area contributed by atoms with E-state index in [-0.39, 0.29) is 6.61 Å². The summed E-state index contributed by atoms with van der Waals surface area (Å²) in [6.45, 7) is 1.36. The average molecular weight is 395 g/mol. The second-order valence-corrected chi connectivity index (χ2v) is 4.43. The molecule has 1 aromatic rings. The van der Waals surface area contributed by atoms with Gasteiger partial charge in [-0.15, -0.1) is 0 Å². The van der Waals surface area contributed by atoms with E-state index in [9.17, 15) is 26.7 Å². The molecule has 0 aromatic carbocycles. The smallest absolute Gasteiger partial charge is 0.434 e. The summed E-state index contributed by atoms with van der Waals surface area (Å²) in [6.07, 6.45) is -8.18. The third-order valence-corrected chi connectivity index (χ3v) is 2.80. The fourth-order valence-corrected chi connectivity index (χ4v) is 1.98. The van der Waals surface area contributed by atoms with Crippen molar-refractivity contribution >= 4 is 28.6 Å². The zero-order chi connectivity index (χ0) is 14.8. The van der Waals surface area contributed by atoms with Gasteiger partial charge in [-0.25, -0.2) is 18.6 Å². The highest BCUT2D eigenvalue weighted by molar-refractivity contribution is 14.1. The summed E-state index contributed by atoms with van der Waals surface area (Å²) in [7, 11) is 0. The van der Waals surface area contributed by atoms with Gasteiger partial charge in [-0.05, 0) is 35.6 Å². The number of alkyl halides is 5. The maximum Gasteiger partial charge on any atom is 0.434 e. The van der Waals surface area contributed by atoms with Crippen LogP contribution in [-0.4, -0.2) is 17.6 Å². The van der Waals surface area contributed by atoms with Gasteiger partial charge in [0.25, 0.3) is 6.43 Å². The molecule has 1 rings (SSSR count). The molecule has 9 heteroatoms. The van der Waals surface area contributed by atoms with Crippen LogP contribution in [0, 0.1) is 3.57 Å². The van der Waals surface area contributed by atoms with E-state index in [2.05, 4.69) is 9.72 Å². The fourth-order valence-electron chi connectivity index (χ4n) is 1.24. The van der Waals surface area contributed by atoms with Crippen LogP contribution in [0.3, 0.4) is 0 Å². The summed E-state index contributed by atoms with van der Waals surface area (Å²) < 4.78 is 67.1. The number of aromatic nitrogens is 1. The van der Waals surface area contributed by atoms with Gasteiger partial charge in [-0.2, -0.15) is 13.2 Å². The molecule has 0 bridgehead atoms. The Morgan fingerprint density at radius 2 is 2.05 bits per heavy atom. The molecule has 1 heterocycles. The van der Waals surface area contributed by atoms with Gasteiger partial charge in [0, 0.05) is 3.57 Å². The van der Waals surface area contributed by atoms with Crippen LogP contribution in [0.2, 0.25) is 0 Å². The van der Waals surface area contributed by atoms with Crippen LogP contribution in [-0.2, 0) is 10.9 Å². The van der Waals surface area contributed by atoms with Gasteiger partial charge in [0.2, 0.25) is 0 Å². The highest BCUT2D eigenvalue weighted by Gasteiger charge is 2.37. The molecule has 0 spiro atoms. The Hall–Kier alpha value is -1.00. The lowest BCUT2D eigenvalue weighted by Gasteiger charge is -2.13. The number of esters is 1. The molecule has 0 N–H and O–H groups in total. The van der Waals surface area contributed by atoms with E-state index in [0.717, 1.165) is 0 Å². The van der Waals surface area contributed by atoms with Crippen molar-refractivity contribution in [2.24, 2.45) is 0 Å². The van der Waals surface area contributed by atoms with Crippen molar-refractivity contribution < 1.29 is 31.5 Å². The third kappa shape index (κ3) is 3.74. The molecular formula is C10H7F5INO2. The Balaban J connectivity index is 3.42. The molecule has 3 nitrogen and oxygen atoms in total. The maximum absolute atomic E-state index is 12.7. The topological polar surface area (TPSA) is 39.2 Å². The summed E-state index contributed by atoms with van der Waals surface area (Å²) in [5, 5.41) is 0. The van der Waals surface area contributed by atoms with Gasteiger partial charge in [0.15, 0.2) is 5.69 Å². The lowest BCUT2D eigenvalue weighted by molar-refractivity contribution is -0.142. The Morgan fingerprint density at radius 3 is 2.47 bits per heavy atom. The molecule has 0 aliphatic carbocycles. The van der Waals surface area contributed by atoms with E-state index >= 15 is 0 Å². The zero-order valence-electron chi connectivity index (χ0n) is 9.39. The molecule has 0 saturated carbocycles. The van der Waals surface area contributed by atoms with Crippen LogP contribution in [0.4, 0.5) is 22.0 Å². The van der Waals surface area contributed by atoms with E-state index in [1.54, 1.807) is 0 Å². The van der Waals surface area contributed by atoms with Crippen molar-refractivity contribution in [1.82, 2.24) is 4.98 Å². The Bertz CT molecular complexity index is 490. The number of carbonyl (C=O) groups excluding carboxylic acids is 1. The molecule has 0 atom stereocenters. The molecule has 0 unspecified atom stereocenters. The minimum Gasteiger partial charge on any atom is -0.462 e. The first-order chi connectivity index (χ1) is 8.68. The Kier molecular flexibility index (Phi) is 5.04. The number of hydrogen-bond acceptors (Lipinski definition) is 3. The standard InChI is InChI=1S/C10H7F5INO2/c1-2-19-9(18)4-3-5(16)7(10(13,14)15)17-6(4)8(11)12/h3,8H,2H2,1H3. The normalized spacial score (nSPS) is 11.8. The zero-order valence-corrected chi connectivity index (χ0v) is 11.6. The summed E-state index contributed by atoms with van der Waals surface area (Å²) in [5.74, 6) is -1.13. The van der Waals surface area contributed by atoms with Crippen molar-refractivity contribution in [2.75, 3.05) is 6.61 Å². The monoisotopic (exact) mass is 395 g/mol. The maximum atomic E-state index is 12.7. The van der Waals surface area contributed by atoms with Crippen LogP contribution >= 0.6 is 22.6 Å². The molecule has 106 valence electrons. The summed E-state index contributed by atoms with van der Waals surface area (Å²) in [4.78, 5) is 14.3. The molecule has 0 saturated heterocycles. The number of nitrogens with zero attached hydrogens (tertiary/aromatic N) is 1. The second kappa shape index (κ2) is 5.97. The summed E-state index contributed by atoms with van der Waals surface area (Å²) in [5.41, 5.74) is -3.34. The molecule has 0 aliphatic heterocycles. The van der Waals surface area contributed by atoms with E-state index in [1.807, 2.05) is 0 Å². The van der Waals surface area contributed by atoms with Gasteiger partial charge in [-0.3, -0.25) is 0 Å². The number of rotatable bonds is 3. The van der Waals surface area contributed by atoms with Gasteiger partial charge in [-0.1, -0.05) is 0 Å². The summed E-state index contributed by atoms with van der Waals surface area (Å²) in [6, 6.07) is 0.704. The first-order valence-corrected chi connectivity index (χ1v) is 5.99. The highest BCUT2D eigenvalue weighted by Crippen LogP contribution is 2.34. The largest absolute Gasteiger partial charge is 0.462 e. The fraction of sp³-hybridized carbons (Fsp3) is 0.400. The molecule has 1 aromatic heterocycles. The third-order valence-electron chi connectivity index (χ3n) is 1.98. The predicted molar refractivity (Wildman–Crippen MR) is 62.9 cm³/mol. The number of hydrogen-bond donors (Lipinski definition) is 0. The Labute approximate surface area is 118 Å². The minimum absolute atomic E-state index is 0.0842. The number of ether oxygens (including phenoxy) is 1. The van der Waals surface area contributed by atoms with Crippen molar-refractivity contribution in [3.63, 3.8) is 0 Å². The van der Waals surface area contributed by atoms with Crippen molar-refractivity contribution in [3.8, 4) is 0 Å². The van der Waals surface area contributed by atoms with Crippen LogP contribution < -0.4 is 0 Å². The molecule has 0 fully saturated rings. The first kappa shape index (κ1) is 16.1. The van der Waals surface area contributed by atoms with Crippen LogP contribution in [0.25, 0.3) is 0 Å². The van der Waals surface area contributed by atoms with Crippen LogP contribution in [0.5, 0.6) is 0 Å².